The molecule has 1 nitrogen and oxygen atoms in total. The van der Waals surface area contributed by atoms with Gasteiger partial charge in [0.15, 0.2) is 0 Å². The van der Waals surface area contributed by atoms with Gasteiger partial charge in [-0.2, -0.15) is 0 Å². The summed E-state index contributed by atoms with van der Waals surface area (Å²) in [7, 11) is 0. The zero-order valence-corrected chi connectivity index (χ0v) is 8.30. The molecule has 0 N–H and O–H groups in total. The summed E-state index contributed by atoms with van der Waals surface area (Å²) in [5.41, 5.74) is 0. The van der Waals surface area contributed by atoms with Crippen LogP contribution in [-0.2, 0) is 4.74 Å². The van der Waals surface area contributed by atoms with E-state index in [1.54, 1.807) is 0 Å². The van der Waals surface area contributed by atoms with Crippen LogP contribution in [0, 0.1) is 23.7 Å². The lowest BCUT2D eigenvalue weighted by molar-refractivity contribution is 0.0531. The number of ether oxygens (including phenoxy) is 1. The summed E-state index contributed by atoms with van der Waals surface area (Å²) in [4.78, 5) is 0. The van der Waals surface area contributed by atoms with Crippen molar-refractivity contribution in [2.24, 2.45) is 23.7 Å². The van der Waals surface area contributed by atoms with Gasteiger partial charge in [-0.05, 0) is 24.2 Å². The number of hydrogen-bond acceptors (Lipinski definition) is 1. The molecule has 14 heavy (non-hydrogen) atoms. The SMILES string of the molecule is C=CCOC1C=CC2C3C=CC(C3)C12. The Hall–Kier alpha value is -0.820. The fourth-order valence-corrected chi connectivity index (χ4v) is 3.34. The Morgan fingerprint density at radius 3 is 2.93 bits per heavy atom. The van der Waals surface area contributed by atoms with Crippen molar-refractivity contribution in [1.82, 2.24) is 0 Å². The van der Waals surface area contributed by atoms with Gasteiger partial charge < -0.3 is 4.74 Å². The molecule has 5 unspecified atom stereocenters. The average Bonchev–Trinajstić information content (AvgIpc) is 2.87. The van der Waals surface area contributed by atoms with E-state index < -0.39 is 0 Å². The average molecular weight is 188 g/mol. The first-order valence-corrected chi connectivity index (χ1v) is 5.49. The summed E-state index contributed by atoms with van der Waals surface area (Å²) in [6, 6.07) is 0. The monoisotopic (exact) mass is 188 g/mol. The predicted octanol–water partition coefficient (Wildman–Crippen LogP) is 2.57. The zero-order chi connectivity index (χ0) is 9.54. The summed E-state index contributed by atoms with van der Waals surface area (Å²) in [6.07, 6.45) is 12.9. The molecule has 0 radical (unpaired) electrons. The summed E-state index contributed by atoms with van der Waals surface area (Å²) >= 11 is 0. The van der Waals surface area contributed by atoms with E-state index in [2.05, 4.69) is 30.9 Å². The zero-order valence-electron chi connectivity index (χ0n) is 8.30. The van der Waals surface area contributed by atoms with Gasteiger partial charge in [0.1, 0.15) is 0 Å². The summed E-state index contributed by atoms with van der Waals surface area (Å²) < 4.78 is 5.78. The van der Waals surface area contributed by atoms with Crippen LogP contribution in [0.4, 0.5) is 0 Å². The van der Waals surface area contributed by atoms with E-state index in [0.717, 1.165) is 23.7 Å². The van der Waals surface area contributed by atoms with Crippen LogP contribution in [0.2, 0.25) is 0 Å². The second-order valence-electron chi connectivity index (χ2n) is 4.57. The third kappa shape index (κ3) is 1.05. The van der Waals surface area contributed by atoms with Gasteiger partial charge in [-0.25, -0.2) is 0 Å². The van der Waals surface area contributed by atoms with E-state index in [1.165, 1.54) is 6.42 Å². The maximum absolute atomic E-state index is 5.78. The molecule has 0 aliphatic heterocycles. The van der Waals surface area contributed by atoms with Crippen molar-refractivity contribution >= 4 is 0 Å². The van der Waals surface area contributed by atoms with E-state index >= 15 is 0 Å². The highest BCUT2D eigenvalue weighted by Crippen LogP contribution is 2.53. The van der Waals surface area contributed by atoms with Gasteiger partial charge >= 0.3 is 0 Å². The highest BCUT2D eigenvalue weighted by molar-refractivity contribution is 5.25. The van der Waals surface area contributed by atoms with E-state index in [-0.39, 0.29) is 0 Å². The van der Waals surface area contributed by atoms with E-state index in [0.29, 0.717) is 12.7 Å². The predicted molar refractivity (Wildman–Crippen MR) is 56.8 cm³/mol. The van der Waals surface area contributed by atoms with Crippen LogP contribution in [0.15, 0.2) is 37.0 Å². The standard InChI is InChI=1S/C13H16O/c1-2-7-14-12-6-5-11-9-3-4-10(8-9)13(11)12/h2-6,9-13H,1,7-8H2. The minimum Gasteiger partial charge on any atom is -0.370 e. The molecule has 2 bridgehead atoms. The largest absolute Gasteiger partial charge is 0.370 e. The lowest BCUT2D eigenvalue weighted by Crippen LogP contribution is -2.26. The van der Waals surface area contributed by atoms with Gasteiger partial charge in [-0.15, -0.1) is 6.58 Å². The number of allylic oxidation sites excluding steroid dienone is 3. The first kappa shape index (κ1) is 8.49. The van der Waals surface area contributed by atoms with Gasteiger partial charge in [-0.1, -0.05) is 30.4 Å². The second kappa shape index (κ2) is 3.09. The molecule has 1 saturated carbocycles. The quantitative estimate of drug-likeness (QED) is 0.618. The molecule has 1 heteroatoms. The first-order chi connectivity index (χ1) is 6.90. The van der Waals surface area contributed by atoms with Gasteiger partial charge in [0, 0.05) is 5.92 Å². The van der Waals surface area contributed by atoms with Gasteiger partial charge in [0.2, 0.25) is 0 Å². The molecule has 0 amide bonds. The van der Waals surface area contributed by atoms with Crippen molar-refractivity contribution < 1.29 is 4.74 Å². The third-order valence-corrected chi connectivity index (χ3v) is 3.89. The van der Waals surface area contributed by atoms with Crippen LogP contribution < -0.4 is 0 Å². The molecule has 3 aliphatic carbocycles. The lowest BCUT2D eigenvalue weighted by Gasteiger charge is -2.25. The topological polar surface area (TPSA) is 9.23 Å². The van der Waals surface area contributed by atoms with Crippen LogP contribution in [0.3, 0.4) is 0 Å². The summed E-state index contributed by atoms with van der Waals surface area (Å²) in [5.74, 6) is 3.07. The van der Waals surface area contributed by atoms with E-state index in [1.807, 2.05) is 6.08 Å². The maximum Gasteiger partial charge on any atom is 0.0799 e. The van der Waals surface area contributed by atoms with Crippen LogP contribution in [-0.4, -0.2) is 12.7 Å². The third-order valence-electron chi connectivity index (χ3n) is 3.89. The van der Waals surface area contributed by atoms with Crippen molar-refractivity contribution in [2.75, 3.05) is 6.61 Å². The van der Waals surface area contributed by atoms with Crippen LogP contribution in [0.1, 0.15) is 6.42 Å². The molecule has 0 aromatic rings. The molecular weight excluding hydrogens is 172 g/mol. The molecule has 5 atom stereocenters. The molecule has 3 rings (SSSR count). The summed E-state index contributed by atoms with van der Waals surface area (Å²) in [5, 5.41) is 0. The number of hydrogen-bond donors (Lipinski definition) is 0. The molecule has 1 fully saturated rings. The number of fused-ring (bicyclic) bond motifs is 5. The number of rotatable bonds is 3. The van der Waals surface area contributed by atoms with E-state index in [9.17, 15) is 0 Å². The van der Waals surface area contributed by atoms with E-state index in [4.69, 9.17) is 4.74 Å². The Labute approximate surface area is 85.1 Å². The minimum atomic E-state index is 0.345. The fraction of sp³-hybridized carbons (Fsp3) is 0.538. The smallest absolute Gasteiger partial charge is 0.0799 e. The van der Waals surface area contributed by atoms with Crippen molar-refractivity contribution in [3.05, 3.63) is 37.0 Å². The second-order valence-corrected chi connectivity index (χ2v) is 4.57. The lowest BCUT2D eigenvalue weighted by atomic mass is 9.84. The normalized spacial score (nSPS) is 47.3. The van der Waals surface area contributed by atoms with Gasteiger partial charge in [0.25, 0.3) is 0 Å². The summed E-state index contributed by atoms with van der Waals surface area (Å²) in [6.45, 7) is 4.37. The van der Waals surface area contributed by atoms with Gasteiger partial charge in [-0.3, -0.25) is 0 Å². The van der Waals surface area contributed by atoms with Crippen LogP contribution >= 0.6 is 0 Å². The Morgan fingerprint density at radius 1 is 1.21 bits per heavy atom. The van der Waals surface area contributed by atoms with Crippen molar-refractivity contribution in [3.8, 4) is 0 Å². The Kier molecular flexibility index (Phi) is 1.88. The maximum atomic E-state index is 5.78. The molecular formula is C13H16O. The fourth-order valence-electron chi connectivity index (χ4n) is 3.34. The van der Waals surface area contributed by atoms with Crippen molar-refractivity contribution in [3.63, 3.8) is 0 Å². The van der Waals surface area contributed by atoms with Gasteiger partial charge in [0.05, 0.1) is 12.7 Å². The molecule has 0 aromatic carbocycles. The Balaban J connectivity index is 1.76. The molecule has 74 valence electrons. The Morgan fingerprint density at radius 2 is 2.07 bits per heavy atom. The molecule has 0 heterocycles. The Bertz CT molecular complexity index is 302. The molecule has 0 spiro atoms. The van der Waals surface area contributed by atoms with Crippen molar-refractivity contribution in [1.29, 1.82) is 0 Å². The molecule has 3 aliphatic rings. The van der Waals surface area contributed by atoms with Crippen LogP contribution in [0.5, 0.6) is 0 Å². The minimum absolute atomic E-state index is 0.345. The first-order valence-electron chi connectivity index (χ1n) is 5.49. The highest BCUT2D eigenvalue weighted by Gasteiger charge is 2.48. The van der Waals surface area contributed by atoms with Crippen LogP contribution in [0.25, 0.3) is 0 Å². The molecule has 0 saturated heterocycles. The highest BCUT2D eigenvalue weighted by atomic mass is 16.5. The molecule has 0 aromatic heterocycles. The van der Waals surface area contributed by atoms with Crippen molar-refractivity contribution in [2.45, 2.75) is 12.5 Å².